The fourth-order valence-corrected chi connectivity index (χ4v) is 14.0. The number of nitrogens with zero attached hydrogens (tertiary/aromatic N) is 7. The number of para-hydroxylation sites is 3. The topological polar surface area (TPSA) is 103 Å². The number of thiophene rings is 2. The molecule has 526 valence electrons. The number of aromatic nitrogens is 6. The first-order valence-corrected chi connectivity index (χ1v) is 38.2. The van der Waals surface area contributed by atoms with Gasteiger partial charge in [-0.2, -0.15) is 0 Å². The molecule has 0 bridgehead atoms. The molecule has 0 saturated carbocycles. The van der Waals surface area contributed by atoms with Crippen molar-refractivity contribution in [3.8, 4) is 65.6 Å². The molecular weight excluding hydrogens is 1390 g/mol. The number of hydrogen-bond acceptors (Lipinski definition) is 11. The van der Waals surface area contributed by atoms with Crippen LogP contribution in [0, 0.1) is 0 Å². The third-order valence-electron chi connectivity index (χ3n) is 16.7. The van der Waals surface area contributed by atoms with Crippen LogP contribution in [0.4, 0.5) is 0 Å². The van der Waals surface area contributed by atoms with E-state index in [1.165, 1.54) is 63.0 Å². The molecule has 0 aliphatic heterocycles. The Hall–Kier alpha value is -13.6. The number of hydrogen-bond donors (Lipinski definition) is 0. The normalized spacial score (nSPS) is 10.4. The maximum Gasteiger partial charge on any atom is 0.227 e. The molecule has 0 aliphatic carbocycles. The summed E-state index contributed by atoms with van der Waals surface area (Å²) < 4.78 is 8.21. The highest BCUT2D eigenvalue weighted by Gasteiger charge is 2.08. The minimum Gasteiger partial charge on any atom is -0.436 e. The van der Waals surface area contributed by atoms with E-state index in [1.807, 2.05) is 243 Å². The largest absolute Gasteiger partial charge is 0.436 e. The van der Waals surface area contributed by atoms with Crippen LogP contribution in [0.3, 0.4) is 0 Å². The number of fused-ring (bicyclic) bond motifs is 6. The second-order valence-corrected chi connectivity index (χ2v) is 27.4. The third-order valence-corrected chi connectivity index (χ3v) is 19.8. The molecule has 12 aromatic carbocycles. The standard InChI is InChI=1S/C14H13N.C13H9NO.2C13H9NS.C13H9N.C12H10.C11H9N.C9H7NS/c1-3-7-13(8-4-1)11-15-12-14-9-5-2-6-10-14;1-2-6-10(7-3-1)13-14-11-8-4-5-9-12(11)15-13;1-2-7-12-10(5-1)9-13(15-12)11-6-3-4-8-14-11;1-2-6-10(7-3-1)13-14-11-8-4-5-9-12(11)15-13;1-2-6-12-10(4-1)7-8-11-5-3-9-14-13(11)12;1-3-7-11(8-4-1)12-9-5-2-6-10-12;1-2-6-10(7-3-1)11-8-4-5-9-12-11;1-2-6-10-8(4-1)9-5-3-7-11-9/h1-11H,12H2;3*1-9H;1-9H;1-10H;1-9H;1-7H. The smallest absolute Gasteiger partial charge is 0.227 e. The van der Waals surface area contributed by atoms with E-state index >= 15 is 0 Å². The lowest BCUT2D eigenvalue weighted by Gasteiger charge is -2.01. The van der Waals surface area contributed by atoms with E-state index in [9.17, 15) is 0 Å². The predicted octanol–water partition coefficient (Wildman–Crippen LogP) is 27.0. The molecule has 8 nitrogen and oxygen atoms in total. The Morgan fingerprint density at radius 1 is 0.312 bits per heavy atom. The van der Waals surface area contributed by atoms with Crippen LogP contribution in [0.15, 0.2) is 446 Å². The molecule has 0 atom stereocenters. The Morgan fingerprint density at radius 2 is 0.789 bits per heavy atom. The minimum absolute atomic E-state index is 0.678. The van der Waals surface area contributed by atoms with Gasteiger partial charge in [0.2, 0.25) is 5.89 Å². The molecule has 8 aromatic heterocycles. The Kier molecular flexibility index (Phi) is 27.1. The van der Waals surface area contributed by atoms with Crippen molar-refractivity contribution in [2.45, 2.75) is 6.54 Å². The third kappa shape index (κ3) is 22.0. The summed E-state index contributed by atoms with van der Waals surface area (Å²) in [5, 5.41) is 8.12. The first kappa shape index (κ1) is 73.8. The summed E-state index contributed by atoms with van der Waals surface area (Å²) in [5.74, 6) is 0.678. The van der Waals surface area contributed by atoms with Gasteiger partial charge in [0.25, 0.3) is 0 Å². The fourth-order valence-electron chi connectivity index (χ4n) is 11.3. The summed E-state index contributed by atoms with van der Waals surface area (Å²) in [6, 6.07) is 137. The van der Waals surface area contributed by atoms with Crippen molar-refractivity contribution in [1.29, 1.82) is 0 Å². The Labute approximate surface area is 647 Å². The Balaban J connectivity index is 0.000000110. The van der Waals surface area contributed by atoms with Gasteiger partial charge in [0.15, 0.2) is 5.58 Å². The van der Waals surface area contributed by atoms with Crippen LogP contribution >= 0.6 is 34.0 Å². The number of pyridine rings is 4. The van der Waals surface area contributed by atoms with Gasteiger partial charge in [-0.3, -0.25) is 24.9 Å². The number of oxazole rings is 1. The summed E-state index contributed by atoms with van der Waals surface area (Å²) in [7, 11) is 0. The van der Waals surface area contributed by atoms with Crippen molar-refractivity contribution in [3.63, 3.8) is 0 Å². The number of thiazole rings is 1. The van der Waals surface area contributed by atoms with E-state index < -0.39 is 0 Å². The number of rotatable bonds is 9. The van der Waals surface area contributed by atoms with Crippen LogP contribution < -0.4 is 0 Å². The zero-order valence-corrected chi connectivity index (χ0v) is 62.1. The van der Waals surface area contributed by atoms with Crippen molar-refractivity contribution in [3.05, 3.63) is 448 Å². The SMILES string of the molecule is C(=NCc1ccccc1)c1ccccc1.c1ccc(-c2cc3ccccc3s2)nc1.c1ccc(-c2ccccc2)cc1.c1ccc(-c2ccccn2)cc1.c1ccc(-c2cccs2)nc1.c1ccc(-c2nc3ccccc3o2)cc1.c1ccc(-c2nc3ccccc3s2)cc1.c1ccc2c(c1)ccc1cccnc12. The van der Waals surface area contributed by atoms with Crippen molar-refractivity contribution in [1.82, 2.24) is 29.9 Å². The lowest BCUT2D eigenvalue weighted by Crippen LogP contribution is -1.83. The van der Waals surface area contributed by atoms with Gasteiger partial charge >= 0.3 is 0 Å². The molecule has 20 aromatic rings. The number of benzene rings is 12. The van der Waals surface area contributed by atoms with Gasteiger partial charge in [0.1, 0.15) is 10.5 Å². The van der Waals surface area contributed by atoms with Gasteiger partial charge < -0.3 is 4.42 Å². The van der Waals surface area contributed by atoms with Gasteiger partial charge in [-0.15, -0.1) is 34.0 Å². The molecule has 0 aliphatic rings. The van der Waals surface area contributed by atoms with E-state index in [1.54, 1.807) is 34.0 Å². The maximum absolute atomic E-state index is 5.64. The van der Waals surface area contributed by atoms with Crippen molar-refractivity contribution in [2.24, 2.45) is 4.99 Å². The Morgan fingerprint density at radius 3 is 1.38 bits per heavy atom. The van der Waals surface area contributed by atoms with E-state index in [0.29, 0.717) is 5.89 Å². The van der Waals surface area contributed by atoms with Crippen LogP contribution in [-0.4, -0.2) is 36.1 Å². The lowest BCUT2D eigenvalue weighted by atomic mass is 10.1. The van der Waals surface area contributed by atoms with Crippen molar-refractivity contribution < 1.29 is 4.42 Å². The molecule has 11 heteroatoms. The van der Waals surface area contributed by atoms with Crippen molar-refractivity contribution >= 4 is 93.3 Å². The van der Waals surface area contributed by atoms with Crippen LogP contribution in [0.1, 0.15) is 11.1 Å². The molecule has 0 unspecified atom stereocenters. The average Bonchev–Trinajstić information content (AvgIpc) is 1.70. The van der Waals surface area contributed by atoms with Crippen LogP contribution in [0.2, 0.25) is 0 Å². The summed E-state index contributed by atoms with van der Waals surface area (Å²) >= 11 is 5.24. The van der Waals surface area contributed by atoms with Gasteiger partial charge in [0.05, 0.1) is 49.1 Å². The molecule has 8 heterocycles. The molecular formula is C98H75N7OS3. The molecule has 0 saturated heterocycles. The first-order chi connectivity index (χ1) is 54.1. The highest BCUT2D eigenvalue weighted by atomic mass is 32.1. The predicted molar refractivity (Wildman–Crippen MR) is 462 cm³/mol. The quantitative estimate of drug-likeness (QED) is 0.105. The maximum atomic E-state index is 5.64. The Bertz CT molecular complexity index is 5420. The highest BCUT2D eigenvalue weighted by molar-refractivity contribution is 7.22. The van der Waals surface area contributed by atoms with Gasteiger partial charge in [-0.1, -0.05) is 309 Å². The number of aliphatic imine (C=N–C) groups is 1. The van der Waals surface area contributed by atoms with Crippen molar-refractivity contribution in [2.75, 3.05) is 0 Å². The molecule has 109 heavy (non-hydrogen) atoms. The highest BCUT2D eigenvalue weighted by Crippen LogP contribution is 2.33. The molecule has 0 N–H and O–H groups in total. The van der Waals surface area contributed by atoms with Gasteiger partial charge in [-0.05, 0) is 135 Å². The summed E-state index contributed by atoms with van der Waals surface area (Å²) in [6.45, 7) is 0.746. The summed E-state index contributed by atoms with van der Waals surface area (Å²) in [4.78, 5) is 33.1. The lowest BCUT2D eigenvalue weighted by molar-refractivity contribution is 0.620. The summed E-state index contributed by atoms with van der Waals surface area (Å²) in [5.41, 5.74) is 15.3. The van der Waals surface area contributed by atoms with E-state index in [0.717, 1.165) is 67.5 Å². The average molecular weight is 1460 g/mol. The monoisotopic (exact) mass is 1460 g/mol. The fraction of sp³-hybridized carbons (Fsp3) is 0.0102. The molecule has 0 spiro atoms. The second kappa shape index (κ2) is 40.1. The van der Waals surface area contributed by atoms with E-state index in [-0.39, 0.29) is 0 Å². The van der Waals surface area contributed by atoms with Crippen LogP contribution in [0.5, 0.6) is 0 Å². The molecule has 0 amide bonds. The molecule has 0 radical (unpaired) electrons. The van der Waals surface area contributed by atoms with Gasteiger partial charge in [-0.25, -0.2) is 9.97 Å². The second-order valence-electron chi connectivity index (χ2n) is 24.3. The van der Waals surface area contributed by atoms with E-state index in [2.05, 4.69) is 234 Å². The van der Waals surface area contributed by atoms with Crippen LogP contribution in [0.25, 0.3) is 119 Å². The molecule has 0 fully saturated rings. The first-order valence-electron chi connectivity index (χ1n) is 35.7. The summed E-state index contributed by atoms with van der Waals surface area (Å²) in [6.07, 6.45) is 9.21. The molecule has 20 rings (SSSR count). The zero-order chi connectivity index (χ0) is 74.0. The van der Waals surface area contributed by atoms with Gasteiger partial charge in [0, 0.05) is 63.2 Å². The van der Waals surface area contributed by atoms with Crippen LogP contribution in [-0.2, 0) is 6.54 Å². The zero-order valence-electron chi connectivity index (χ0n) is 59.6. The van der Waals surface area contributed by atoms with E-state index in [4.69, 9.17) is 4.42 Å². The minimum atomic E-state index is 0.678.